The van der Waals surface area contributed by atoms with Gasteiger partial charge in [-0.25, -0.2) is 0 Å². The maximum atomic E-state index is 8.86. The summed E-state index contributed by atoms with van der Waals surface area (Å²) >= 11 is 0. The Bertz CT molecular complexity index is 180. The summed E-state index contributed by atoms with van der Waals surface area (Å²) in [5, 5.41) is 12.4. The fraction of sp³-hybridized carbons (Fsp3) is 1.00. The van der Waals surface area contributed by atoms with Crippen molar-refractivity contribution in [2.24, 2.45) is 5.41 Å². The summed E-state index contributed by atoms with van der Waals surface area (Å²) in [7, 11) is 0. The van der Waals surface area contributed by atoms with Gasteiger partial charge in [-0.2, -0.15) is 0 Å². The number of hydrogen-bond acceptors (Lipinski definition) is 2. The molecule has 0 saturated carbocycles. The third-order valence-electron chi connectivity index (χ3n) is 3.82. The van der Waals surface area contributed by atoms with E-state index in [1.54, 1.807) is 0 Å². The molecule has 2 N–H and O–H groups in total. The molecule has 116 valence electrons. The van der Waals surface area contributed by atoms with Gasteiger partial charge in [-0.1, -0.05) is 65.7 Å². The van der Waals surface area contributed by atoms with Gasteiger partial charge in [-0.05, 0) is 31.2 Å². The van der Waals surface area contributed by atoms with Crippen molar-refractivity contribution in [2.75, 3.05) is 19.7 Å². The van der Waals surface area contributed by atoms with Crippen LogP contribution in [0.1, 0.15) is 85.0 Å². The van der Waals surface area contributed by atoms with Crippen LogP contribution >= 0.6 is 0 Å². The van der Waals surface area contributed by atoms with Crippen molar-refractivity contribution in [1.29, 1.82) is 0 Å². The lowest BCUT2D eigenvalue weighted by molar-refractivity contribution is 0.236. The summed E-state index contributed by atoms with van der Waals surface area (Å²) < 4.78 is 0. The van der Waals surface area contributed by atoms with Crippen molar-refractivity contribution in [1.82, 2.24) is 5.32 Å². The summed E-state index contributed by atoms with van der Waals surface area (Å²) in [5.74, 6) is 0. The summed E-state index contributed by atoms with van der Waals surface area (Å²) in [5.41, 5.74) is 0.322. The van der Waals surface area contributed by atoms with Gasteiger partial charge in [-0.15, -0.1) is 0 Å². The number of aliphatic hydroxyl groups is 1. The average molecular weight is 271 g/mol. The summed E-state index contributed by atoms with van der Waals surface area (Å²) in [6.45, 7) is 9.38. The fourth-order valence-corrected chi connectivity index (χ4v) is 2.46. The third kappa shape index (κ3) is 14.1. The van der Waals surface area contributed by atoms with Gasteiger partial charge in [0, 0.05) is 13.2 Å². The van der Waals surface area contributed by atoms with Gasteiger partial charge < -0.3 is 10.4 Å². The quantitative estimate of drug-likeness (QED) is 0.455. The van der Waals surface area contributed by atoms with Crippen molar-refractivity contribution in [2.45, 2.75) is 85.0 Å². The minimum Gasteiger partial charge on any atom is -0.396 e. The van der Waals surface area contributed by atoms with Gasteiger partial charge in [0.1, 0.15) is 0 Å². The first-order chi connectivity index (χ1) is 9.12. The van der Waals surface area contributed by atoms with Crippen LogP contribution in [0.25, 0.3) is 0 Å². The van der Waals surface area contributed by atoms with Crippen LogP contribution in [-0.4, -0.2) is 24.8 Å². The highest BCUT2D eigenvalue weighted by Gasteiger charge is 2.15. The largest absolute Gasteiger partial charge is 0.396 e. The molecule has 0 heterocycles. The minimum atomic E-state index is 0.321. The van der Waals surface area contributed by atoms with E-state index >= 15 is 0 Å². The van der Waals surface area contributed by atoms with E-state index in [1.165, 1.54) is 51.4 Å². The van der Waals surface area contributed by atoms with E-state index in [0.29, 0.717) is 12.0 Å². The monoisotopic (exact) mass is 271 g/mol. The van der Waals surface area contributed by atoms with E-state index in [9.17, 15) is 0 Å². The predicted octanol–water partition coefficient (Wildman–Crippen LogP) is 4.52. The SMILES string of the molecule is CCCCCCCCCCNCC(C)(C)CCCO. The first-order valence-corrected chi connectivity index (χ1v) is 8.44. The Morgan fingerprint density at radius 2 is 1.42 bits per heavy atom. The zero-order chi connectivity index (χ0) is 14.4. The second-order valence-electron chi connectivity index (χ2n) is 6.64. The molecule has 0 radical (unpaired) electrons. The van der Waals surface area contributed by atoms with Gasteiger partial charge in [-0.3, -0.25) is 0 Å². The normalized spacial score (nSPS) is 12.0. The Balaban J connectivity index is 3.21. The molecule has 0 aliphatic carbocycles. The van der Waals surface area contributed by atoms with Crippen LogP contribution in [0.5, 0.6) is 0 Å². The second kappa shape index (κ2) is 12.9. The lowest BCUT2D eigenvalue weighted by atomic mass is 9.88. The van der Waals surface area contributed by atoms with E-state index in [4.69, 9.17) is 5.11 Å². The first-order valence-electron chi connectivity index (χ1n) is 8.44. The molecule has 0 amide bonds. The topological polar surface area (TPSA) is 32.3 Å². The third-order valence-corrected chi connectivity index (χ3v) is 3.82. The molecular weight excluding hydrogens is 234 g/mol. The van der Waals surface area contributed by atoms with Crippen molar-refractivity contribution < 1.29 is 5.11 Å². The Hall–Kier alpha value is -0.0800. The van der Waals surface area contributed by atoms with Crippen molar-refractivity contribution in [3.63, 3.8) is 0 Å². The fourth-order valence-electron chi connectivity index (χ4n) is 2.46. The zero-order valence-electron chi connectivity index (χ0n) is 13.6. The highest BCUT2D eigenvalue weighted by molar-refractivity contribution is 4.71. The summed E-state index contributed by atoms with van der Waals surface area (Å²) in [4.78, 5) is 0. The molecule has 0 unspecified atom stereocenters. The van der Waals surface area contributed by atoms with E-state index in [0.717, 1.165) is 25.9 Å². The second-order valence-corrected chi connectivity index (χ2v) is 6.64. The van der Waals surface area contributed by atoms with Crippen LogP contribution in [0.2, 0.25) is 0 Å². The molecule has 2 heteroatoms. The van der Waals surface area contributed by atoms with Gasteiger partial charge in [0.15, 0.2) is 0 Å². The van der Waals surface area contributed by atoms with E-state index in [-0.39, 0.29) is 0 Å². The molecule has 0 saturated heterocycles. The lowest BCUT2D eigenvalue weighted by Crippen LogP contribution is -2.30. The van der Waals surface area contributed by atoms with Gasteiger partial charge in [0.05, 0.1) is 0 Å². The molecule has 0 atom stereocenters. The van der Waals surface area contributed by atoms with Crippen LogP contribution < -0.4 is 5.32 Å². The molecule has 0 aromatic heterocycles. The van der Waals surface area contributed by atoms with Crippen LogP contribution in [-0.2, 0) is 0 Å². The Morgan fingerprint density at radius 3 is 2.00 bits per heavy atom. The number of nitrogens with one attached hydrogen (secondary N) is 1. The van der Waals surface area contributed by atoms with E-state index in [2.05, 4.69) is 26.1 Å². The average Bonchev–Trinajstić information content (AvgIpc) is 2.38. The van der Waals surface area contributed by atoms with Gasteiger partial charge in [0.2, 0.25) is 0 Å². The number of aliphatic hydroxyl groups excluding tert-OH is 1. The molecular formula is C17H37NO. The van der Waals surface area contributed by atoms with Crippen molar-refractivity contribution in [3.8, 4) is 0 Å². The van der Waals surface area contributed by atoms with E-state index in [1.807, 2.05) is 0 Å². The smallest absolute Gasteiger partial charge is 0.0431 e. The Labute approximate surface area is 121 Å². The molecule has 19 heavy (non-hydrogen) atoms. The molecule has 0 rings (SSSR count). The predicted molar refractivity (Wildman–Crippen MR) is 85.6 cm³/mol. The number of unbranched alkanes of at least 4 members (excludes halogenated alkanes) is 7. The van der Waals surface area contributed by atoms with Crippen LogP contribution in [0.3, 0.4) is 0 Å². The van der Waals surface area contributed by atoms with Crippen LogP contribution in [0.4, 0.5) is 0 Å². The molecule has 0 spiro atoms. The molecule has 2 nitrogen and oxygen atoms in total. The van der Waals surface area contributed by atoms with E-state index < -0.39 is 0 Å². The maximum Gasteiger partial charge on any atom is 0.0431 e. The molecule has 0 aromatic carbocycles. The van der Waals surface area contributed by atoms with Gasteiger partial charge in [0.25, 0.3) is 0 Å². The van der Waals surface area contributed by atoms with Gasteiger partial charge >= 0.3 is 0 Å². The number of hydrogen-bond donors (Lipinski definition) is 2. The molecule has 0 fully saturated rings. The van der Waals surface area contributed by atoms with Crippen LogP contribution in [0.15, 0.2) is 0 Å². The Kier molecular flexibility index (Phi) is 12.9. The standard InChI is InChI=1S/C17H37NO/c1-4-5-6-7-8-9-10-11-14-18-16-17(2,3)13-12-15-19/h18-19H,4-16H2,1-3H3. The van der Waals surface area contributed by atoms with Crippen LogP contribution in [0, 0.1) is 5.41 Å². The lowest BCUT2D eigenvalue weighted by Gasteiger charge is -2.24. The molecule has 0 aliphatic rings. The highest BCUT2D eigenvalue weighted by Crippen LogP contribution is 2.20. The molecule has 0 aliphatic heterocycles. The maximum absolute atomic E-state index is 8.86. The Morgan fingerprint density at radius 1 is 0.842 bits per heavy atom. The molecule has 0 bridgehead atoms. The summed E-state index contributed by atoms with van der Waals surface area (Å²) in [6, 6.07) is 0. The first kappa shape index (κ1) is 18.9. The number of rotatable bonds is 14. The highest BCUT2D eigenvalue weighted by atomic mass is 16.2. The minimum absolute atomic E-state index is 0.321. The van der Waals surface area contributed by atoms with Crippen molar-refractivity contribution in [3.05, 3.63) is 0 Å². The zero-order valence-corrected chi connectivity index (χ0v) is 13.6. The van der Waals surface area contributed by atoms with Crippen molar-refractivity contribution >= 4 is 0 Å². The molecule has 0 aromatic rings. The summed E-state index contributed by atoms with van der Waals surface area (Å²) in [6.07, 6.45) is 13.1.